The van der Waals surface area contributed by atoms with Gasteiger partial charge in [0.05, 0.1) is 19.4 Å². The molecule has 0 amide bonds. The Hall–Kier alpha value is -1.32. The average Bonchev–Trinajstić information content (AvgIpc) is 2.76. The van der Waals surface area contributed by atoms with Gasteiger partial charge in [-0.25, -0.2) is 4.98 Å². The quantitative estimate of drug-likeness (QED) is 0.545. The predicted octanol–water partition coefficient (Wildman–Crippen LogP) is 2.47. The van der Waals surface area contributed by atoms with E-state index in [4.69, 9.17) is 4.74 Å². The molecule has 0 fully saturated rings. The van der Waals surface area contributed by atoms with Crippen molar-refractivity contribution in [3.8, 4) is 0 Å². The van der Waals surface area contributed by atoms with Crippen LogP contribution in [0.2, 0.25) is 0 Å². The van der Waals surface area contributed by atoms with Crippen LogP contribution in [0.5, 0.6) is 0 Å². The lowest BCUT2D eigenvalue weighted by atomic mass is 10.2. The van der Waals surface area contributed by atoms with E-state index in [0.29, 0.717) is 6.61 Å². The van der Waals surface area contributed by atoms with Crippen molar-refractivity contribution < 1.29 is 9.53 Å². The highest BCUT2D eigenvalue weighted by atomic mass is 16.5. The summed E-state index contributed by atoms with van der Waals surface area (Å²) in [6.07, 6.45) is 9.33. The van der Waals surface area contributed by atoms with E-state index >= 15 is 0 Å². The summed E-state index contributed by atoms with van der Waals surface area (Å²) in [5, 5.41) is 0. The minimum absolute atomic E-state index is 0.181. The SMILES string of the molecule is CCCCCCCOC(=O)Cc1cnc[nH]1. The van der Waals surface area contributed by atoms with Crippen molar-refractivity contribution in [3.05, 3.63) is 18.2 Å². The number of nitrogens with one attached hydrogen (secondary N) is 1. The number of esters is 1. The summed E-state index contributed by atoms with van der Waals surface area (Å²) >= 11 is 0. The molecule has 0 aromatic carbocycles. The van der Waals surface area contributed by atoms with Crippen LogP contribution >= 0.6 is 0 Å². The monoisotopic (exact) mass is 224 g/mol. The van der Waals surface area contributed by atoms with Gasteiger partial charge in [-0.3, -0.25) is 4.79 Å². The first-order valence-corrected chi connectivity index (χ1v) is 5.95. The zero-order valence-corrected chi connectivity index (χ0v) is 9.87. The predicted molar refractivity (Wildman–Crippen MR) is 62.0 cm³/mol. The fourth-order valence-electron chi connectivity index (χ4n) is 1.48. The second-order valence-electron chi connectivity index (χ2n) is 3.89. The third-order valence-corrected chi connectivity index (χ3v) is 2.40. The lowest BCUT2D eigenvalue weighted by molar-refractivity contribution is -0.143. The minimum Gasteiger partial charge on any atom is -0.465 e. The molecule has 1 heterocycles. The van der Waals surface area contributed by atoms with Crippen molar-refractivity contribution in [2.45, 2.75) is 45.4 Å². The largest absolute Gasteiger partial charge is 0.465 e. The summed E-state index contributed by atoms with van der Waals surface area (Å²) in [5.41, 5.74) is 0.802. The molecule has 0 radical (unpaired) electrons. The van der Waals surface area contributed by atoms with Crippen molar-refractivity contribution in [2.24, 2.45) is 0 Å². The maximum absolute atomic E-state index is 11.3. The normalized spacial score (nSPS) is 10.3. The number of nitrogens with zero attached hydrogens (tertiary/aromatic N) is 1. The number of carbonyl (C=O) groups excluding carboxylic acids is 1. The number of ether oxygens (including phenoxy) is 1. The van der Waals surface area contributed by atoms with Gasteiger partial charge in [0.25, 0.3) is 0 Å². The van der Waals surface area contributed by atoms with E-state index in [1.54, 1.807) is 12.5 Å². The van der Waals surface area contributed by atoms with Crippen molar-refractivity contribution in [1.82, 2.24) is 9.97 Å². The number of aromatic nitrogens is 2. The molecular weight excluding hydrogens is 204 g/mol. The zero-order chi connectivity index (χ0) is 11.6. The number of hydrogen-bond donors (Lipinski definition) is 1. The van der Waals surface area contributed by atoms with E-state index in [0.717, 1.165) is 18.5 Å². The minimum atomic E-state index is -0.181. The highest BCUT2D eigenvalue weighted by Crippen LogP contribution is 2.03. The maximum atomic E-state index is 11.3. The topological polar surface area (TPSA) is 55.0 Å². The molecule has 0 atom stereocenters. The van der Waals surface area contributed by atoms with E-state index in [9.17, 15) is 4.79 Å². The van der Waals surface area contributed by atoms with Gasteiger partial charge in [0, 0.05) is 11.9 Å². The lowest BCUT2D eigenvalue weighted by Crippen LogP contribution is -2.09. The van der Waals surface area contributed by atoms with Crippen LogP contribution in [0.25, 0.3) is 0 Å². The number of carbonyl (C=O) groups is 1. The van der Waals surface area contributed by atoms with Gasteiger partial charge in [0.15, 0.2) is 0 Å². The highest BCUT2D eigenvalue weighted by Gasteiger charge is 2.04. The fraction of sp³-hybridized carbons (Fsp3) is 0.667. The van der Waals surface area contributed by atoms with E-state index in [-0.39, 0.29) is 12.4 Å². The molecule has 1 aromatic rings. The van der Waals surface area contributed by atoms with Gasteiger partial charge in [0.1, 0.15) is 0 Å². The molecule has 16 heavy (non-hydrogen) atoms. The van der Waals surface area contributed by atoms with Crippen LogP contribution in [0.3, 0.4) is 0 Å². The second kappa shape index (κ2) is 7.91. The Morgan fingerprint density at radius 3 is 2.88 bits per heavy atom. The first kappa shape index (κ1) is 12.7. The first-order valence-electron chi connectivity index (χ1n) is 5.95. The summed E-state index contributed by atoms with van der Waals surface area (Å²) in [4.78, 5) is 18.0. The lowest BCUT2D eigenvalue weighted by Gasteiger charge is -2.03. The van der Waals surface area contributed by atoms with Gasteiger partial charge >= 0.3 is 5.97 Å². The standard InChI is InChI=1S/C12H20N2O2/c1-2-3-4-5-6-7-16-12(15)8-11-9-13-10-14-11/h9-10H,2-8H2,1H3,(H,13,14). The van der Waals surface area contributed by atoms with Crippen LogP contribution in [-0.4, -0.2) is 22.5 Å². The van der Waals surface area contributed by atoms with Gasteiger partial charge in [-0.2, -0.15) is 0 Å². The maximum Gasteiger partial charge on any atom is 0.311 e. The molecule has 1 aromatic heterocycles. The molecule has 0 saturated heterocycles. The zero-order valence-electron chi connectivity index (χ0n) is 9.87. The smallest absolute Gasteiger partial charge is 0.311 e. The Labute approximate surface area is 96.4 Å². The van der Waals surface area contributed by atoms with Crippen LogP contribution in [0.4, 0.5) is 0 Å². The molecule has 0 spiro atoms. The van der Waals surface area contributed by atoms with Crippen molar-refractivity contribution >= 4 is 5.97 Å². The van der Waals surface area contributed by atoms with Crippen molar-refractivity contribution in [2.75, 3.05) is 6.61 Å². The molecule has 1 N–H and O–H groups in total. The van der Waals surface area contributed by atoms with Gasteiger partial charge in [-0.1, -0.05) is 32.6 Å². The number of hydrogen-bond acceptors (Lipinski definition) is 3. The molecule has 0 unspecified atom stereocenters. The Morgan fingerprint density at radius 1 is 1.38 bits per heavy atom. The third kappa shape index (κ3) is 5.53. The number of H-pyrrole nitrogens is 1. The molecule has 0 aliphatic heterocycles. The Bertz CT molecular complexity index is 283. The van der Waals surface area contributed by atoms with Crippen molar-refractivity contribution in [3.63, 3.8) is 0 Å². The van der Waals surface area contributed by atoms with E-state index in [1.165, 1.54) is 19.3 Å². The Balaban J connectivity index is 1.98. The average molecular weight is 224 g/mol. The van der Waals surface area contributed by atoms with Gasteiger partial charge in [-0.15, -0.1) is 0 Å². The van der Waals surface area contributed by atoms with Gasteiger partial charge in [0.2, 0.25) is 0 Å². The summed E-state index contributed by atoms with van der Waals surface area (Å²) in [7, 11) is 0. The second-order valence-corrected chi connectivity index (χ2v) is 3.89. The Morgan fingerprint density at radius 2 is 2.19 bits per heavy atom. The highest BCUT2D eigenvalue weighted by molar-refractivity contribution is 5.71. The molecular formula is C12H20N2O2. The van der Waals surface area contributed by atoms with Gasteiger partial charge in [-0.05, 0) is 6.42 Å². The number of imidazole rings is 1. The molecule has 4 heteroatoms. The summed E-state index contributed by atoms with van der Waals surface area (Å²) < 4.78 is 5.11. The molecule has 0 aliphatic rings. The third-order valence-electron chi connectivity index (χ3n) is 2.40. The van der Waals surface area contributed by atoms with Crippen LogP contribution in [0.1, 0.15) is 44.7 Å². The van der Waals surface area contributed by atoms with E-state index < -0.39 is 0 Å². The summed E-state index contributed by atoms with van der Waals surface area (Å²) in [5.74, 6) is -0.181. The molecule has 0 aliphatic carbocycles. The summed E-state index contributed by atoms with van der Waals surface area (Å²) in [6.45, 7) is 2.72. The van der Waals surface area contributed by atoms with Crippen LogP contribution in [0.15, 0.2) is 12.5 Å². The van der Waals surface area contributed by atoms with E-state index in [1.807, 2.05) is 0 Å². The number of unbranched alkanes of at least 4 members (excludes halogenated alkanes) is 4. The van der Waals surface area contributed by atoms with Crippen LogP contribution in [0, 0.1) is 0 Å². The number of aromatic amines is 1. The number of rotatable bonds is 8. The first-order chi connectivity index (χ1) is 7.83. The Kier molecular flexibility index (Phi) is 6.30. The molecule has 1 rings (SSSR count). The van der Waals surface area contributed by atoms with Crippen LogP contribution < -0.4 is 0 Å². The van der Waals surface area contributed by atoms with Gasteiger partial charge < -0.3 is 9.72 Å². The summed E-state index contributed by atoms with van der Waals surface area (Å²) in [6, 6.07) is 0. The molecule has 0 bridgehead atoms. The van der Waals surface area contributed by atoms with Crippen LogP contribution in [-0.2, 0) is 16.0 Å². The fourth-order valence-corrected chi connectivity index (χ4v) is 1.48. The molecule has 4 nitrogen and oxygen atoms in total. The van der Waals surface area contributed by atoms with E-state index in [2.05, 4.69) is 16.9 Å². The molecule has 0 saturated carbocycles. The van der Waals surface area contributed by atoms with Crippen molar-refractivity contribution in [1.29, 1.82) is 0 Å². The molecule has 90 valence electrons.